The van der Waals surface area contributed by atoms with Crippen LogP contribution in [0.1, 0.15) is 60.9 Å². The molecule has 2 heterocycles. The third-order valence-electron chi connectivity index (χ3n) is 7.46. The summed E-state index contributed by atoms with van der Waals surface area (Å²) in [5.74, 6) is 1.87. The van der Waals surface area contributed by atoms with Gasteiger partial charge in [0.15, 0.2) is 0 Å². The molecule has 1 aliphatic carbocycles. The van der Waals surface area contributed by atoms with Crippen LogP contribution in [0.2, 0.25) is 0 Å². The van der Waals surface area contributed by atoms with E-state index < -0.39 is 0 Å². The number of likely N-dealkylation sites (N-methyl/N-ethyl adjacent to an activating group) is 1. The minimum Gasteiger partial charge on any atom is -0.496 e. The molecule has 6 nitrogen and oxygen atoms in total. The van der Waals surface area contributed by atoms with E-state index in [9.17, 15) is 4.79 Å². The first kappa shape index (κ1) is 25.2. The van der Waals surface area contributed by atoms with E-state index in [1.54, 1.807) is 13.2 Å². The van der Waals surface area contributed by atoms with Crippen molar-refractivity contribution in [2.24, 2.45) is 0 Å². The van der Waals surface area contributed by atoms with Crippen molar-refractivity contribution in [1.82, 2.24) is 14.8 Å². The maximum absolute atomic E-state index is 12.9. The first-order valence-electron chi connectivity index (χ1n) is 12.9. The Morgan fingerprint density at radius 2 is 1.91 bits per heavy atom. The standard InChI is InChI=1S/C29H39N3O3/c1-21-19-30-27(22(2)29(21)34-4)20-32-16-14-24(15-17-32)31(3)28(33)13-12-23-8-7-11-26(18-23)35-25-9-5-6-10-25/h7-8,11-13,18-19,24-25H,5-6,9-10,14-17,20H2,1-4H3/b13-12+. The second kappa shape index (κ2) is 11.7. The van der Waals surface area contributed by atoms with Gasteiger partial charge in [-0.25, -0.2) is 0 Å². The lowest BCUT2D eigenvalue weighted by Crippen LogP contribution is -2.45. The number of pyridine rings is 1. The zero-order valence-electron chi connectivity index (χ0n) is 21.6. The molecule has 2 fully saturated rings. The van der Waals surface area contributed by atoms with E-state index in [1.165, 1.54) is 12.8 Å². The molecular weight excluding hydrogens is 438 g/mol. The van der Waals surface area contributed by atoms with Crippen molar-refractivity contribution in [3.8, 4) is 11.5 Å². The van der Waals surface area contributed by atoms with Gasteiger partial charge >= 0.3 is 0 Å². The van der Waals surface area contributed by atoms with Crippen molar-refractivity contribution < 1.29 is 14.3 Å². The van der Waals surface area contributed by atoms with Crippen LogP contribution in [0.4, 0.5) is 0 Å². The lowest BCUT2D eigenvalue weighted by Gasteiger charge is -2.36. The van der Waals surface area contributed by atoms with Crippen LogP contribution in [0, 0.1) is 13.8 Å². The molecular formula is C29H39N3O3. The summed E-state index contributed by atoms with van der Waals surface area (Å²) in [4.78, 5) is 21.8. The predicted octanol–water partition coefficient (Wildman–Crippen LogP) is 5.16. The molecule has 0 atom stereocenters. The van der Waals surface area contributed by atoms with Crippen LogP contribution in [0.5, 0.6) is 11.5 Å². The van der Waals surface area contributed by atoms with Crippen LogP contribution in [-0.4, -0.2) is 60.1 Å². The number of rotatable bonds is 8. The molecule has 188 valence electrons. The average Bonchev–Trinajstić information content (AvgIpc) is 3.38. The smallest absolute Gasteiger partial charge is 0.246 e. The van der Waals surface area contributed by atoms with Gasteiger partial charge in [-0.15, -0.1) is 0 Å². The van der Waals surface area contributed by atoms with Gasteiger partial charge in [0.25, 0.3) is 0 Å². The van der Waals surface area contributed by atoms with Gasteiger partial charge in [-0.1, -0.05) is 12.1 Å². The molecule has 4 rings (SSSR count). The zero-order chi connectivity index (χ0) is 24.8. The minimum atomic E-state index is 0.0475. The first-order chi connectivity index (χ1) is 16.9. The van der Waals surface area contributed by atoms with Crippen molar-refractivity contribution >= 4 is 12.0 Å². The number of likely N-dealkylation sites (tertiary alicyclic amines) is 1. The lowest BCUT2D eigenvalue weighted by molar-refractivity contribution is -0.127. The number of carbonyl (C=O) groups excluding carboxylic acids is 1. The number of aryl methyl sites for hydroxylation is 1. The van der Waals surface area contributed by atoms with E-state index in [4.69, 9.17) is 9.47 Å². The van der Waals surface area contributed by atoms with Crippen LogP contribution in [0.25, 0.3) is 6.08 Å². The number of aromatic nitrogens is 1. The van der Waals surface area contributed by atoms with E-state index in [0.717, 1.165) is 79.2 Å². The topological polar surface area (TPSA) is 54.9 Å². The number of benzene rings is 1. The van der Waals surface area contributed by atoms with Crippen molar-refractivity contribution in [1.29, 1.82) is 0 Å². The molecule has 1 aromatic carbocycles. The Morgan fingerprint density at radius 3 is 2.63 bits per heavy atom. The molecule has 6 heteroatoms. The Kier molecular flexibility index (Phi) is 8.45. The van der Waals surface area contributed by atoms with Gasteiger partial charge < -0.3 is 14.4 Å². The number of methoxy groups -OCH3 is 1. The van der Waals surface area contributed by atoms with E-state index >= 15 is 0 Å². The number of ether oxygens (including phenoxy) is 2. The summed E-state index contributed by atoms with van der Waals surface area (Å²) in [6.07, 6.45) is 12.5. The van der Waals surface area contributed by atoms with E-state index in [2.05, 4.69) is 16.8 Å². The Morgan fingerprint density at radius 1 is 1.17 bits per heavy atom. The van der Waals surface area contributed by atoms with E-state index in [0.29, 0.717) is 6.10 Å². The molecule has 2 aliphatic rings. The number of hydrogen-bond acceptors (Lipinski definition) is 5. The van der Waals surface area contributed by atoms with Crippen molar-refractivity contribution in [2.45, 2.75) is 71.1 Å². The molecule has 0 unspecified atom stereocenters. The summed E-state index contributed by atoms with van der Waals surface area (Å²) >= 11 is 0. The Labute approximate surface area is 209 Å². The third-order valence-corrected chi connectivity index (χ3v) is 7.46. The van der Waals surface area contributed by atoms with E-state index in [-0.39, 0.29) is 11.9 Å². The summed E-state index contributed by atoms with van der Waals surface area (Å²) in [5.41, 5.74) is 4.24. The van der Waals surface area contributed by atoms with Crippen LogP contribution < -0.4 is 9.47 Å². The molecule has 0 N–H and O–H groups in total. The largest absolute Gasteiger partial charge is 0.496 e. The number of amides is 1. The van der Waals surface area contributed by atoms with Crippen LogP contribution in [0.15, 0.2) is 36.5 Å². The van der Waals surface area contributed by atoms with Crippen LogP contribution in [-0.2, 0) is 11.3 Å². The Hall–Kier alpha value is -2.86. The summed E-state index contributed by atoms with van der Waals surface area (Å²) in [6, 6.07) is 8.29. The minimum absolute atomic E-state index is 0.0475. The van der Waals surface area contributed by atoms with Gasteiger partial charge in [0, 0.05) is 56.1 Å². The molecule has 1 aliphatic heterocycles. The lowest BCUT2D eigenvalue weighted by atomic mass is 10.0. The van der Waals surface area contributed by atoms with Crippen LogP contribution in [0.3, 0.4) is 0 Å². The number of nitrogens with zero attached hydrogens (tertiary/aromatic N) is 3. The van der Waals surface area contributed by atoms with Crippen LogP contribution >= 0.6 is 0 Å². The molecule has 0 bridgehead atoms. The molecule has 1 saturated heterocycles. The van der Waals surface area contributed by atoms with Gasteiger partial charge in [-0.05, 0) is 76.1 Å². The fourth-order valence-corrected chi connectivity index (χ4v) is 5.26. The van der Waals surface area contributed by atoms with Crippen molar-refractivity contribution in [3.05, 3.63) is 58.9 Å². The Bertz CT molecular complexity index is 1040. The van der Waals surface area contributed by atoms with Gasteiger partial charge in [0.2, 0.25) is 5.91 Å². The third kappa shape index (κ3) is 6.43. The molecule has 35 heavy (non-hydrogen) atoms. The zero-order valence-corrected chi connectivity index (χ0v) is 21.6. The van der Waals surface area contributed by atoms with Crippen molar-refractivity contribution in [3.63, 3.8) is 0 Å². The average molecular weight is 478 g/mol. The second-order valence-corrected chi connectivity index (χ2v) is 9.93. The first-order valence-corrected chi connectivity index (χ1v) is 12.9. The highest BCUT2D eigenvalue weighted by molar-refractivity contribution is 5.91. The van der Waals surface area contributed by atoms with Crippen molar-refractivity contribution in [2.75, 3.05) is 27.2 Å². The quantitative estimate of drug-likeness (QED) is 0.491. The molecule has 0 radical (unpaired) electrons. The fraction of sp³-hybridized carbons (Fsp3) is 0.517. The molecule has 0 spiro atoms. The molecule has 1 amide bonds. The number of carbonyl (C=O) groups is 1. The highest BCUT2D eigenvalue weighted by atomic mass is 16.5. The molecule has 1 saturated carbocycles. The van der Waals surface area contributed by atoms with E-state index in [1.807, 2.05) is 55.4 Å². The molecule has 1 aromatic heterocycles. The summed E-state index contributed by atoms with van der Waals surface area (Å²) in [6.45, 7) is 6.81. The monoisotopic (exact) mass is 477 g/mol. The summed E-state index contributed by atoms with van der Waals surface area (Å²) < 4.78 is 11.7. The maximum atomic E-state index is 12.9. The second-order valence-electron chi connectivity index (χ2n) is 9.93. The normalized spacial score (nSPS) is 17.7. The maximum Gasteiger partial charge on any atom is 0.246 e. The van der Waals surface area contributed by atoms with Gasteiger partial charge in [0.05, 0.1) is 18.9 Å². The van der Waals surface area contributed by atoms with Gasteiger partial charge in [-0.3, -0.25) is 14.7 Å². The fourth-order valence-electron chi connectivity index (χ4n) is 5.26. The summed E-state index contributed by atoms with van der Waals surface area (Å²) in [5, 5.41) is 0. The number of piperidine rings is 1. The Balaban J connectivity index is 1.28. The SMILES string of the molecule is COc1c(C)cnc(CN2CCC(N(C)C(=O)/C=C/c3cccc(OC4CCCC4)c3)CC2)c1C. The van der Waals surface area contributed by atoms with Gasteiger partial charge in [-0.2, -0.15) is 0 Å². The number of hydrogen-bond donors (Lipinski definition) is 0. The van der Waals surface area contributed by atoms with Gasteiger partial charge in [0.1, 0.15) is 11.5 Å². The predicted molar refractivity (Wildman–Crippen MR) is 140 cm³/mol. The summed E-state index contributed by atoms with van der Waals surface area (Å²) in [7, 11) is 3.63. The molecule has 2 aromatic rings. The highest BCUT2D eigenvalue weighted by Crippen LogP contribution is 2.27. The highest BCUT2D eigenvalue weighted by Gasteiger charge is 2.25.